The van der Waals surface area contributed by atoms with E-state index in [4.69, 9.17) is 9.26 Å². The number of rotatable bonds is 6. The lowest BCUT2D eigenvalue weighted by Crippen LogP contribution is -2.26. The summed E-state index contributed by atoms with van der Waals surface area (Å²) in [4.78, 5) is 16.0. The average Bonchev–Trinajstić information content (AvgIpc) is 3.32. The zero-order valence-corrected chi connectivity index (χ0v) is 18.0. The normalized spacial score (nSPS) is 12.0. The average molecular weight is 447 g/mol. The summed E-state index contributed by atoms with van der Waals surface area (Å²) in [6.07, 6.45) is 0. The van der Waals surface area contributed by atoms with E-state index in [0.29, 0.717) is 27.4 Å². The van der Waals surface area contributed by atoms with E-state index in [0.717, 1.165) is 15.6 Å². The molecular weight excluding hydrogens is 428 g/mol. The first kappa shape index (κ1) is 20.3. The number of hydrogen-bond acceptors (Lipinski definition) is 8. The molecule has 0 N–H and O–H groups in total. The highest BCUT2D eigenvalue weighted by Gasteiger charge is 2.24. The van der Waals surface area contributed by atoms with Crippen LogP contribution in [0.3, 0.4) is 0 Å². The van der Waals surface area contributed by atoms with Gasteiger partial charge in [-0.3, -0.25) is 4.79 Å². The van der Waals surface area contributed by atoms with Gasteiger partial charge in [0.05, 0.1) is 28.8 Å². The van der Waals surface area contributed by atoms with Crippen molar-refractivity contribution in [1.29, 1.82) is 0 Å². The first-order chi connectivity index (χ1) is 14.3. The number of thiazole rings is 1. The molecule has 0 aliphatic heterocycles. The van der Waals surface area contributed by atoms with E-state index < -0.39 is 10.0 Å². The van der Waals surface area contributed by atoms with Crippen molar-refractivity contribution >= 4 is 31.6 Å². The van der Waals surface area contributed by atoms with Crippen molar-refractivity contribution in [2.75, 3.05) is 14.2 Å². The van der Waals surface area contributed by atoms with Crippen molar-refractivity contribution < 1.29 is 17.7 Å². The molecule has 4 aromatic rings. The molecule has 11 heteroatoms. The van der Waals surface area contributed by atoms with E-state index in [9.17, 15) is 13.2 Å². The van der Waals surface area contributed by atoms with E-state index in [-0.39, 0.29) is 22.2 Å². The van der Waals surface area contributed by atoms with Crippen molar-refractivity contribution in [3.8, 4) is 17.1 Å². The van der Waals surface area contributed by atoms with Crippen LogP contribution in [0.2, 0.25) is 0 Å². The third kappa shape index (κ3) is 3.62. The van der Waals surface area contributed by atoms with Crippen LogP contribution >= 0.6 is 11.3 Å². The molecule has 0 spiro atoms. The molecule has 0 saturated carbocycles. The van der Waals surface area contributed by atoms with E-state index in [2.05, 4.69) is 10.1 Å². The molecule has 0 bridgehead atoms. The smallest absolute Gasteiger partial charge is 0.307 e. The monoisotopic (exact) mass is 446 g/mol. The van der Waals surface area contributed by atoms with Gasteiger partial charge in [0.1, 0.15) is 5.75 Å². The number of aryl methyl sites for hydroxylation is 1. The first-order valence-corrected chi connectivity index (χ1v) is 11.1. The molecule has 0 unspecified atom stereocenters. The Hall–Kier alpha value is -3.02. The van der Waals surface area contributed by atoms with Gasteiger partial charge in [0.2, 0.25) is 21.7 Å². The minimum atomic E-state index is -3.82. The lowest BCUT2D eigenvalue weighted by Gasteiger charge is -2.15. The third-order valence-corrected chi connectivity index (χ3v) is 7.42. The Labute approximate surface area is 176 Å². The maximum absolute atomic E-state index is 13.0. The molecule has 0 fully saturated rings. The maximum atomic E-state index is 13.0. The highest BCUT2D eigenvalue weighted by atomic mass is 32.2. The summed E-state index contributed by atoms with van der Waals surface area (Å²) in [6.45, 7) is -0.0949. The summed E-state index contributed by atoms with van der Waals surface area (Å²) < 4.78 is 39.6. The van der Waals surface area contributed by atoms with Gasteiger partial charge in [-0.05, 0) is 30.3 Å². The fraction of sp³-hybridized carbons (Fsp3) is 0.211. The van der Waals surface area contributed by atoms with Gasteiger partial charge in [-0.15, -0.1) is 0 Å². The predicted octanol–water partition coefficient (Wildman–Crippen LogP) is 2.48. The number of aromatic nitrogens is 3. The zero-order valence-electron chi connectivity index (χ0n) is 16.4. The second-order valence-electron chi connectivity index (χ2n) is 6.56. The van der Waals surface area contributed by atoms with Crippen LogP contribution in [0.25, 0.3) is 21.6 Å². The van der Waals surface area contributed by atoms with Gasteiger partial charge in [-0.1, -0.05) is 28.6 Å². The van der Waals surface area contributed by atoms with Crippen molar-refractivity contribution in [3.63, 3.8) is 0 Å². The summed E-state index contributed by atoms with van der Waals surface area (Å²) in [7, 11) is 0.827. The number of ether oxygens (including phenoxy) is 1. The maximum Gasteiger partial charge on any atom is 0.307 e. The van der Waals surface area contributed by atoms with E-state index >= 15 is 0 Å². The Bertz CT molecular complexity index is 1390. The molecule has 4 rings (SSSR count). The van der Waals surface area contributed by atoms with Crippen LogP contribution in [-0.4, -0.2) is 41.6 Å². The number of hydrogen-bond donors (Lipinski definition) is 0. The minimum Gasteiger partial charge on any atom is -0.497 e. The number of benzene rings is 2. The summed E-state index contributed by atoms with van der Waals surface area (Å²) in [5.74, 6) is 1.15. The lowest BCUT2D eigenvalue weighted by molar-refractivity contribution is 0.337. The first-order valence-electron chi connectivity index (χ1n) is 8.82. The van der Waals surface area contributed by atoms with Crippen molar-refractivity contribution in [3.05, 3.63) is 58.0 Å². The molecule has 2 aromatic carbocycles. The Kier molecular flexibility index (Phi) is 5.18. The van der Waals surface area contributed by atoms with Gasteiger partial charge in [-0.2, -0.15) is 9.29 Å². The van der Waals surface area contributed by atoms with Gasteiger partial charge in [0.15, 0.2) is 0 Å². The van der Waals surface area contributed by atoms with Crippen LogP contribution in [0.5, 0.6) is 5.75 Å². The second kappa shape index (κ2) is 7.67. The minimum absolute atomic E-state index is 0.0897. The second-order valence-corrected chi connectivity index (χ2v) is 9.60. The largest absolute Gasteiger partial charge is 0.497 e. The van der Waals surface area contributed by atoms with Gasteiger partial charge in [0, 0.05) is 19.7 Å². The van der Waals surface area contributed by atoms with E-state index in [1.807, 2.05) is 0 Å². The summed E-state index contributed by atoms with van der Waals surface area (Å²) in [5.41, 5.74) is 1.38. The SMILES string of the molecule is COc1cccc(-c2noc(CN(C)S(=O)(=O)c3ccc4c(c3)sc(=O)n4C)n2)c1. The summed E-state index contributed by atoms with van der Waals surface area (Å²) in [6, 6.07) is 11.8. The molecule has 156 valence electrons. The quantitative estimate of drug-likeness (QED) is 0.448. The fourth-order valence-electron chi connectivity index (χ4n) is 2.93. The topological polar surface area (TPSA) is 108 Å². The highest BCUT2D eigenvalue weighted by molar-refractivity contribution is 7.89. The molecule has 0 atom stereocenters. The molecule has 0 amide bonds. The van der Waals surface area contributed by atoms with Gasteiger partial charge in [0.25, 0.3) is 0 Å². The molecule has 0 aliphatic rings. The standard InChI is InChI=1S/C19H18N4O5S2/c1-22(11-17-20-18(21-28-17)12-5-4-6-13(9-12)27-3)30(25,26)14-7-8-15-16(10-14)29-19(24)23(15)2/h4-10H,11H2,1-3H3. The Balaban J connectivity index is 1.58. The molecule has 2 heterocycles. The Morgan fingerprint density at radius 3 is 2.80 bits per heavy atom. The Morgan fingerprint density at radius 2 is 2.03 bits per heavy atom. The van der Waals surface area contributed by atoms with Crippen molar-refractivity contribution in [2.45, 2.75) is 11.4 Å². The molecular formula is C19H18N4O5S2. The predicted molar refractivity (Wildman–Crippen MR) is 112 cm³/mol. The number of nitrogens with zero attached hydrogens (tertiary/aromatic N) is 4. The van der Waals surface area contributed by atoms with Crippen molar-refractivity contribution in [2.24, 2.45) is 7.05 Å². The summed E-state index contributed by atoms with van der Waals surface area (Å²) >= 11 is 1.00. The summed E-state index contributed by atoms with van der Waals surface area (Å²) in [5, 5.41) is 3.92. The van der Waals surface area contributed by atoms with Crippen LogP contribution in [-0.2, 0) is 23.6 Å². The van der Waals surface area contributed by atoms with Gasteiger partial charge < -0.3 is 13.8 Å². The molecule has 30 heavy (non-hydrogen) atoms. The zero-order chi connectivity index (χ0) is 21.5. The van der Waals surface area contributed by atoms with Crippen LogP contribution in [0.15, 0.2) is 56.7 Å². The van der Waals surface area contributed by atoms with Crippen molar-refractivity contribution in [1.82, 2.24) is 19.0 Å². The highest BCUT2D eigenvalue weighted by Crippen LogP contribution is 2.25. The molecule has 0 saturated heterocycles. The van der Waals surface area contributed by atoms with Gasteiger partial charge >= 0.3 is 4.87 Å². The molecule has 2 aromatic heterocycles. The van der Waals surface area contributed by atoms with Gasteiger partial charge in [-0.25, -0.2) is 8.42 Å². The van der Waals surface area contributed by atoms with Crippen LogP contribution in [0, 0.1) is 0 Å². The number of methoxy groups -OCH3 is 1. The number of sulfonamides is 1. The van der Waals surface area contributed by atoms with E-state index in [1.165, 1.54) is 23.7 Å². The van der Waals surface area contributed by atoms with Crippen LogP contribution in [0.1, 0.15) is 5.89 Å². The van der Waals surface area contributed by atoms with Crippen LogP contribution < -0.4 is 9.61 Å². The van der Waals surface area contributed by atoms with E-state index in [1.54, 1.807) is 44.5 Å². The molecule has 0 radical (unpaired) electrons. The molecule has 9 nitrogen and oxygen atoms in total. The van der Waals surface area contributed by atoms with Crippen LogP contribution in [0.4, 0.5) is 0 Å². The fourth-order valence-corrected chi connectivity index (χ4v) is 5.07. The Morgan fingerprint density at radius 1 is 1.23 bits per heavy atom. The lowest BCUT2D eigenvalue weighted by atomic mass is 10.2. The number of fused-ring (bicyclic) bond motifs is 1. The molecule has 0 aliphatic carbocycles. The third-order valence-electron chi connectivity index (χ3n) is 4.63.